The molecule has 5 rings (SSSR count). The lowest BCUT2D eigenvalue weighted by Gasteiger charge is -2.29. The van der Waals surface area contributed by atoms with Crippen LogP contribution in [0.5, 0.6) is 5.75 Å². The Kier molecular flexibility index (Phi) is 7.68. The van der Waals surface area contributed by atoms with Crippen LogP contribution in [0.4, 0.5) is 16.2 Å². The molecule has 0 spiro atoms. The number of rotatable bonds is 11. The Balaban J connectivity index is 1.44. The molecule has 0 radical (unpaired) electrons. The van der Waals surface area contributed by atoms with Crippen LogP contribution < -0.4 is 20.7 Å². The number of fused-ring (bicyclic) bond motifs is 2. The Hall–Kier alpha value is -2.65. The monoisotopic (exact) mass is 615 g/mol. The quantitative estimate of drug-likeness (QED) is 0.141. The molecule has 1 saturated carbocycles. The number of esters is 1. The van der Waals surface area contributed by atoms with E-state index in [1.54, 1.807) is 44.3 Å². The van der Waals surface area contributed by atoms with Crippen molar-refractivity contribution in [2.75, 3.05) is 30.6 Å². The van der Waals surface area contributed by atoms with E-state index < -0.39 is 48.4 Å². The van der Waals surface area contributed by atoms with Gasteiger partial charge in [0.15, 0.2) is 35.0 Å². The van der Waals surface area contributed by atoms with Crippen molar-refractivity contribution in [3.05, 3.63) is 36.7 Å². The first-order chi connectivity index (χ1) is 19.0. The number of carbonyl (C=O) groups is 1. The maximum atomic E-state index is 16.1. The van der Waals surface area contributed by atoms with E-state index >= 15 is 4.39 Å². The number of ether oxygens (including phenoxy) is 2. The lowest BCUT2D eigenvalue weighted by molar-refractivity contribution is -0.144. The molecule has 2 fully saturated rings. The van der Waals surface area contributed by atoms with E-state index in [1.807, 2.05) is 0 Å². The van der Waals surface area contributed by atoms with Crippen molar-refractivity contribution < 1.29 is 32.8 Å². The molecular weight excluding hydrogens is 588 g/mol. The van der Waals surface area contributed by atoms with Crippen LogP contribution >= 0.6 is 18.2 Å². The smallest absolute Gasteiger partial charge is 0.323 e. The normalized spacial score (nSPS) is 29.4. The zero-order valence-corrected chi connectivity index (χ0v) is 24.1. The van der Waals surface area contributed by atoms with Crippen molar-refractivity contribution in [1.29, 1.82) is 0 Å². The maximum Gasteiger partial charge on any atom is 0.323 e. The summed E-state index contributed by atoms with van der Waals surface area (Å²) in [6.45, 7) is -0.284. The third-order valence-electron chi connectivity index (χ3n) is 6.77. The highest BCUT2D eigenvalue weighted by Gasteiger charge is 2.89. The Labute approximate surface area is 238 Å². The van der Waals surface area contributed by atoms with E-state index in [0.717, 1.165) is 0 Å². The van der Waals surface area contributed by atoms with Gasteiger partial charge in [0, 0.05) is 7.05 Å². The summed E-state index contributed by atoms with van der Waals surface area (Å²) < 4.78 is 40.7. The highest BCUT2D eigenvalue weighted by molar-refractivity contribution is 8.09. The highest BCUT2D eigenvalue weighted by atomic mass is 35.5. The maximum absolute atomic E-state index is 16.1. The first kappa shape index (κ1) is 28.9. The Bertz CT molecular complexity index is 1470. The van der Waals surface area contributed by atoms with Crippen LogP contribution in [0.3, 0.4) is 0 Å². The zero-order chi connectivity index (χ0) is 28.9. The second kappa shape index (κ2) is 10.6. The Morgan fingerprint density at radius 3 is 2.75 bits per heavy atom. The van der Waals surface area contributed by atoms with Crippen LogP contribution in [0.1, 0.15) is 20.1 Å². The first-order valence-corrected chi connectivity index (χ1v) is 15.5. The molecule has 216 valence electrons. The second-order valence-corrected chi connectivity index (χ2v) is 12.6. The van der Waals surface area contributed by atoms with Crippen LogP contribution in [0, 0.1) is 0 Å². The van der Waals surface area contributed by atoms with Gasteiger partial charge < -0.3 is 30.2 Å². The number of alkyl halides is 2. The first-order valence-electron chi connectivity index (χ1n) is 12.3. The van der Waals surface area contributed by atoms with Crippen molar-refractivity contribution in [2.24, 2.45) is 0 Å². The molecular formula is C23H28ClFN7O6PS. The third kappa shape index (κ3) is 4.59. The number of carbonyl (C=O) groups excluding carboxylic acids is 1. The molecule has 17 heteroatoms. The van der Waals surface area contributed by atoms with Gasteiger partial charge in [-0.2, -0.15) is 9.97 Å². The van der Waals surface area contributed by atoms with Gasteiger partial charge in [0.2, 0.25) is 5.95 Å². The Morgan fingerprint density at radius 1 is 1.40 bits per heavy atom. The van der Waals surface area contributed by atoms with Gasteiger partial charge in [-0.1, -0.05) is 18.2 Å². The van der Waals surface area contributed by atoms with Gasteiger partial charge in [0.25, 0.3) is 0 Å². The molecule has 1 aromatic carbocycles. The molecule has 3 aromatic rings. The van der Waals surface area contributed by atoms with Crippen LogP contribution in [-0.4, -0.2) is 79.6 Å². The van der Waals surface area contributed by atoms with Crippen molar-refractivity contribution in [3.63, 3.8) is 0 Å². The summed E-state index contributed by atoms with van der Waals surface area (Å²) in [7, 11) is 1.63. The second-order valence-electron chi connectivity index (χ2n) is 9.25. The lowest BCUT2D eigenvalue weighted by Crippen LogP contribution is -2.38. The average Bonchev–Trinajstić information content (AvgIpc) is 3.17. The number of aliphatic hydroxyl groups is 1. The highest BCUT2D eigenvalue weighted by Crippen LogP contribution is 2.69. The number of halogens is 2. The fourth-order valence-corrected chi connectivity index (χ4v) is 7.92. The number of nitrogens with one attached hydrogen (secondary N) is 2. The van der Waals surface area contributed by atoms with Crippen LogP contribution in [0.25, 0.3) is 11.2 Å². The number of imidazole rings is 1. The van der Waals surface area contributed by atoms with Crippen molar-refractivity contribution in [2.45, 2.75) is 49.6 Å². The average molecular weight is 616 g/mol. The summed E-state index contributed by atoms with van der Waals surface area (Å²) in [5.41, 5.74) is 2.44. The Morgan fingerprint density at radius 2 is 2.12 bits per heavy atom. The molecule has 13 nitrogen and oxygen atoms in total. The summed E-state index contributed by atoms with van der Waals surface area (Å²) in [5.74, 6) is -0.320. The van der Waals surface area contributed by atoms with E-state index in [2.05, 4.69) is 25.4 Å². The number of benzene rings is 1. The van der Waals surface area contributed by atoms with E-state index in [4.69, 9.17) is 47.7 Å². The van der Waals surface area contributed by atoms with Gasteiger partial charge in [-0.05, 0) is 37.8 Å². The summed E-state index contributed by atoms with van der Waals surface area (Å²) in [6, 6.07) is 7.57. The van der Waals surface area contributed by atoms with Crippen molar-refractivity contribution in [3.8, 4) is 5.75 Å². The van der Waals surface area contributed by atoms with Crippen molar-refractivity contribution >= 4 is 58.9 Å². The fourth-order valence-electron chi connectivity index (χ4n) is 4.77. The van der Waals surface area contributed by atoms with Crippen molar-refractivity contribution in [1.82, 2.24) is 24.6 Å². The van der Waals surface area contributed by atoms with Crippen LogP contribution in [0.2, 0.25) is 0 Å². The SMILES string of the molecule is CCOC(=O)[C@@H](C)N[P@@](=S)(Oc1ccccc1)O[C@H]1[C@]2(O)[C@@H](F)[C@H](n3cnc4c(NC)nc(N)nc43)O[C@]12CCl. The summed E-state index contributed by atoms with van der Waals surface area (Å²) >= 11 is 12.0. The number of aromatic nitrogens is 4. The standard InChI is InChI=1S/C23H28ClFN7O6PS/c1-4-35-19(33)12(2)31-39(40,37-13-8-6-5-7-9-13)38-20-22(10-24)23(20,34)15(25)18(36-22)32-11-28-14-16(27-3)29-21(26)30-17(14)32/h5-9,11-12,15,18,20,34H,4,10H2,1-3H3,(H,31,40)(H3,26,27,29,30)/t12-,15+,18-,20-,22-,23-,39-/m1/s1. The minimum atomic E-state index is -3.63. The van der Waals surface area contributed by atoms with E-state index in [-0.39, 0.29) is 24.1 Å². The molecule has 2 aliphatic rings. The predicted octanol–water partition coefficient (Wildman–Crippen LogP) is 2.27. The minimum absolute atomic E-state index is 0.0651. The van der Waals surface area contributed by atoms with Gasteiger partial charge in [-0.25, -0.2) is 14.5 Å². The summed E-state index contributed by atoms with van der Waals surface area (Å²) in [6.07, 6.45) is -3.44. The lowest BCUT2D eigenvalue weighted by atomic mass is 10.1. The van der Waals surface area contributed by atoms with Gasteiger partial charge >= 0.3 is 12.6 Å². The van der Waals surface area contributed by atoms with Gasteiger partial charge in [0.05, 0.1) is 18.8 Å². The van der Waals surface area contributed by atoms with Crippen LogP contribution in [0.15, 0.2) is 36.7 Å². The van der Waals surface area contributed by atoms with Gasteiger partial charge in [-0.15, -0.1) is 11.6 Å². The molecule has 3 heterocycles. The zero-order valence-electron chi connectivity index (χ0n) is 21.7. The summed E-state index contributed by atoms with van der Waals surface area (Å²) in [4.78, 5) is 24.8. The molecule has 40 heavy (non-hydrogen) atoms. The number of hydrogen-bond acceptors (Lipinski definition) is 12. The molecule has 2 aromatic heterocycles. The number of nitrogen functional groups attached to an aromatic ring is 1. The molecule has 1 saturated heterocycles. The molecule has 5 N–H and O–H groups in total. The molecule has 1 aliphatic heterocycles. The molecule has 0 bridgehead atoms. The van der Waals surface area contributed by atoms with E-state index in [1.165, 1.54) is 17.8 Å². The number of para-hydroxylation sites is 1. The number of nitrogens with zero attached hydrogens (tertiary/aromatic N) is 4. The fraction of sp³-hybridized carbons (Fsp3) is 0.478. The molecule has 1 aliphatic carbocycles. The third-order valence-corrected chi connectivity index (χ3v) is 9.61. The molecule has 0 amide bonds. The van der Waals surface area contributed by atoms with Gasteiger partial charge in [0.1, 0.15) is 23.5 Å². The molecule has 0 unspecified atom stereocenters. The number of hydrogen-bond donors (Lipinski definition) is 4. The van der Waals surface area contributed by atoms with E-state index in [0.29, 0.717) is 17.1 Å². The topological polar surface area (TPSA) is 168 Å². The minimum Gasteiger partial charge on any atom is -0.465 e. The van der Waals surface area contributed by atoms with Gasteiger partial charge in [-0.3, -0.25) is 13.9 Å². The number of anilines is 2. The van der Waals surface area contributed by atoms with Crippen LogP contribution in [-0.2, 0) is 30.6 Å². The van der Waals surface area contributed by atoms with E-state index in [9.17, 15) is 9.90 Å². The number of nitrogens with two attached hydrogens (primary N) is 1. The predicted molar refractivity (Wildman–Crippen MR) is 148 cm³/mol. The largest absolute Gasteiger partial charge is 0.465 e. The summed E-state index contributed by atoms with van der Waals surface area (Å²) in [5, 5.41) is 17.3. The molecule has 7 atom stereocenters.